The molecule has 1 aromatic heterocycles. The first-order chi connectivity index (χ1) is 8.79. The third kappa shape index (κ3) is 3.42. The van der Waals surface area contributed by atoms with E-state index in [9.17, 15) is 0 Å². The van der Waals surface area contributed by atoms with E-state index in [2.05, 4.69) is 27.0 Å². The summed E-state index contributed by atoms with van der Waals surface area (Å²) in [5.74, 6) is 0.747. The molecule has 4 nitrogen and oxygen atoms in total. The molecule has 2 rings (SSSR count). The lowest BCUT2D eigenvalue weighted by Gasteiger charge is -2.22. The summed E-state index contributed by atoms with van der Waals surface area (Å²) in [6, 6.07) is 10.2. The summed E-state index contributed by atoms with van der Waals surface area (Å²) in [5.41, 5.74) is 6.84. The number of halogens is 1. The van der Waals surface area contributed by atoms with Gasteiger partial charge in [-0.1, -0.05) is 41.9 Å². The summed E-state index contributed by atoms with van der Waals surface area (Å²) in [6.07, 6.45) is 3.22. The number of hydrogen-bond acceptors (Lipinski definition) is 4. The number of hydrogen-bond donors (Lipinski definition) is 1. The van der Waals surface area contributed by atoms with E-state index >= 15 is 0 Å². The van der Waals surface area contributed by atoms with Gasteiger partial charge < -0.3 is 10.6 Å². The van der Waals surface area contributed by atoms with Crippen LogP contribution in [0.15, 0.2) is 42.7 Å². The summed E-state index contributed by atoms with van der Waals surface area (Å²) in [4.78, 5) is 10.4. The molecule has 0 saturated carbocycles. The average molecular weight is 263 g/mol. The van der Waals surface area contributed by atoms with Gasteiger partial charge in [0.1, 0.15) is 11.0 Å². The van der Waals surface area contributed by atoms with Crippen molar-refractivity contribution in [3.63, 3.8) is 0 Å². The second-order valence-corrected chi connectivity index (χ2v) is 4.28. The maximum Gasteiger partial charge on any atom is 0.149 e. The first kappa shape index (κ1) is 12.8. The Bertz CT molecular complexity index is 489. The second kappa shape index (κ2) is 6.33. The van der Waals surface area contributed by atoms with Crippen molar-refractivity contribution in [3.8, 4) is 0 Å². The molecule has 2 aromatic rings. The monoisotopic (exact) mass is 262 g/mol. The molecule has 0 atom stereocenters. The van der Waals surface area contributed by atoms with Crippen LogP contribution in [-0.2, 0) is 6.54 Å². The van der Waals surface area contributed by atoms with E-state index in [0.29, 0.717) is 18.2 Å². The van der Waals surface area contributed by atoms with Crippen LogP contribution in [0.2, 0.25) is 5.15 Å². The van der Waals surface area contributed by atoms with Crippen molar-refractivity contribution in [2.75, 3.05) is 18.0 Å². The third-order valence-corrected chi connectivity index (χ3v) is 2.71. The third-order valence-electron chi connectivity index (χ3n) is 2.53. The zero-order valence-electron chi connectivity index (χ0n) is 9.96. The highest BCUT2D eigenvalue weighted by molar-refractivity contribution is 6.29. The van der Waals surface area contributed by atoms with E-state index in [1.807, 2.05) is 18.2 Å². The minimum atomic E-state index is 0.391. The first-order valence-corrected chi connectivity index (χ1v) is 6.14. The number of nitrogens with two attached hydrogens (primary N) is 1. The predicted molar refractivity (Wildman–Crippen MR) is 73.6 cm³/mol. The molecular weight excluding hydrogens is 248 g/mol. The Morgan fingerprint density at radius 1 is 1.17 bits per heavy atom. The number of rotatable bonds is 5. The Morgan fingerprint density at radius 2 is 1.94 bits per heavy atom. The topological polar surface area (TPSA) is 55.0 Å². The molecule has 0 aliphatic carbocycles. The Morgan fingerprint density at radius 3 is 2.61 bits per heavy atom. The minimum Gasteiger partial charge on any atom is -0.350 e. The molecule has 0 aliphatic rings. The molecule has 2 N–H and O–H groups in total. The summed E-state index contributed by atoms with van der Waals surface area (Å²) < 4.78 is 0. The van der Waals surface area contributed by atoms with Crippen LogP contribution in [0.3, 0.4) is 0 Å². The van der Waals surface area contributed by atoms with Gasteiger partial charge in [0.25, 0.3) is 0 Å². The van der Waals surface area contributed by atoms with Gasteiger partial charge in [-0.3, -0.25) is 4.98 Å². The standard InChI is InChI=1S/C13H15ClN4/c14-12-8-16-9-13(17-12)18(7-6-15)10-11-4-2-1-3-5-11/h1-5,8-9H,6-7,10,15H2. The average Bonchev–Trinajstić information content (AvgIpc) is 2.39. The molecule has 94 valence electrons. The van der Waals surface area contributed by atoms with Crippen molar-refractivity contribution in [1.29, 1.82) is 0 Å². The highest BCUT2D eigenvalue weighted by Gasteiger charge is 2.08. The van der Waals surface area contributed by atoms with Gasteiger partial charge in [-0.05, 0) is 5.56 Å². The van der Waals surface area contributed by atoms with Crippen molar-refractivity contribution in [2.24, 2.45) is 5.73 Å². The van der Waals surface area contributed by atoms with Gasteiger partial charge in [0.05, 0.1) is 12.4 Å². The Hall–Kier alpha value is -1.65. The highest BCUT2D eigenvalue weighted by atomic mass is 35.5. The van der Waals surface area contributed by atoms with Gasteiger partial charge in [-0.2, -0.15) is 0 Å². The van der Waals surface area contributed by atoms with Gasteiger partial charge in [0.2, 0.25) is 0 Å². The van der Waals surface area contributed by atoms with Crippen LogP contribution >= 0.6 is 11.6 Å². The summed E-state index contributed by atoms with van der Waals surface area (Å²) in [7, 11) is 0. The maximum absolute atomic E-state index is 5.86. The molecule has 0 amide bonds. The number of aromatic nitrogens is 2. The van der Waals surface area contributed by atoms with Crippen LogP contribution in [0.1, 0.15) is 5.56 Å². The van der Waals surface area contributed by atoms with Gasteiger partial charge in [0, 0.05) is 19.6 Å². The molecule has 0 spiro atoms. The number of benzene rings is 1. The van der Waals surface area contributed by atoms with Crippen molar-refractivity contribution >= 4 is 17.4 Å². The van der Waals surface area contributed by atoms with Crippen LogP contribution in [0.4, 0.5) is 5.82 Å². The summed E-state index contributed by atoms with van der Waals surface area (Å²) in [5, 5.41) is 0.391. The van der Waals surface area contributed by atoms with Crippen molar-refractivity contribution in [3.05, 3.63) is 53.4 Å². The second-order valence-electron chi connectivity index (χ2n) is 3.90. The van der Waals surface area contributed by atoms with E-state index in [-0.39, 0.29) is 0 Å². The molecule has 0 saturated heterocycles. The molecule has 1 aromatic carbocycles. The zero-order valence-corrected chi connectivity index (χ0v) is 10.7. The molecule has 1 heterocycles. The van der Waals surface area contributed by atoms with E-state index in [1.54, 1.807) is 6.20 Å². The Balaban J connectivity index is 2.18. The van der Waals surface area contributed by atoms with Crippen LogP contribution in [0.5, 0.6) is 0 Å². The van der Waals surface area contributed by atoms with E-state index < -0.39 is 0 Å². The maximum atomic E-state index is 5.86. The molecule has 0 aliphatic heterocycles. The molecular formula is C13H15ClN4. The molecule has 18 heavy (non-hydrogen) atoms. The number of anilines is 1. The largest absolute Gasteiger partial charge is 0.350 e. The predicted octanol–water partition coefficient (Wildman–Crippen LogP) is 2.10. The lowest BCUT2D eigenvalue weighted by atomic mass is 10.2. The van der Waals surface area contributed by atoms with E-state index in [0.717, 1.165) is 12.4 Å². The molecule has 0 fully saturated rings. The van der Waals surface area contributed by atoms with Crippen LogP contribution in [0, 0.1) is 0 Å². The van der Waals surface area contributed by atoms with Crippen LogP contribution in [-0.4, -0.2) is 23.1 Å². The number of nitrogens with zero attached hydrogens (tertiary/aromatic N) is 3. The molecule has 0 unspecified atom stereocenters. The zero-order chi connectivity index (χ0) is 12.8. The Kier molecular flexibility index (Phi) is 4.50. The Labute approximate surface area is 111 Å². The van der Waals surface area contributed by atoms with Crippen LogP contribution in [0.25, 0.3) is 0 Å². The smallest absolute Gasteiger partial charge is 0.149 e. The lowest BCUT2D eigenvalue weighted by molar-refractivity contribution is 0.772. The molecule has 0 bridgehead atoms. The van der Waals surface area contributed by atoms with E-state index in [4.69, 9.17) is 17.3 Å². The fraction of sp³-hybridized carbons (Fsp3) is 0.231. The van der Waals surface area contributed by atoms with Crippen molar-refractivity contribution in [2.45, 2.75) is 6.54 Å². The highest BCUT2D eigenvalue weighted by Crippen LogP contribution is 2.15. The fourth-order valence-electron chi connectivity index (χ4n) is 1.72. The van der Waals surface area contributed by atoms with Crippen molar-refractivity contribution < 1.29 is 0 Å². The molecule has 5 heteroatoms. The summed E-state index contributed by atoms with van der Waals surface area (Å²) in [6.45, 7) is 2.01. The SMILES string of the molecule is NCCN(Cc1ccccc1)c1cncc(Cl)n1. The normalized spacial score (nSPS) is 10.3. The minimum absolute atomic E-state index is 0.391. The first-order valence-electron chi connectivity index (χ1n) is 5.76. The summed E-state index contributed by atoms with van der Waals surface area (Å²) >= 11 is 5.86. The quantitative estimate of drug-likeness (QED) is 0.897. The molecule has 0 radical (unpaired) electrons. The van der Waals surface area contributed by atoms with Crippen molar-refractivity contribution in [1.82, 2.24) is 9.97 Å². The fourth-order valence-corrected chi connectivity index (χ4v) is 1.86. The van der Waals surface area contributed by atoms with Crippen LogP contribution < -0.4 is 10.6 Å². The van der Waals surface area contributed by atoms with Gasteiger partial charge >= 0.3 is 0 Å². The van der Waals surface area contributed by atoms with Gasteiger partial charge in [-0.15, -0.1) is 0 Å². The van der Waals surface area contributed by atoms with Gasteiger partial charge in [-0.25, -0.2) is 4.98 Å². The van der Waals surface area contributed by atoms with E-state index in [1.165, 1.54) is 11.8 Å². The van der Waals surface area contributed by atoms with Gasteiger partial charge in [0.15, 0.2) is 0 Å². The lowest BCUT2D eigenvalue weighted by Crippen LogP contribution is -2.29.